The number of aryl methyl sites for hydroxylation is 1. The third kappa shape index (κ3) is 4.47. The van der Waals surface area contributed by atoms with Crippen LogP contribution in [-0.4, -0.2) is 12.6 Å². The van der Waals surface area contributed by atoms with Crippen molar-refractivity contribution in [2.45, 2.75) is 64.8 Å². The van der Waals surface area contributed by atoms with Gasteiger partial charge >= 0.3 is 0 Å². The summed E-state index contributed by atoms with van der Waals surface area (Å²) < 4.78 is 0. The van der Waals surface area contributed by atoms with Crippen LogP contribution in [0.15, 0.2) is 11.4 Å². The Labute approximate surface area is 126 Å². The van der Waals surface area contributed by atoms with Gasteiger partial charge in [0.2, 0.25) is 0 Å². The lowest BCUT2D eigenvalue weighted by Gasteiger charge is -2.29. The molecule has 1 heterocycles. The Bertz CT molecular complexity index is 380. The van der Waals surface area contributed by atoms with Crippen LogP contribution in [-0.2, 0) is 6.42 Å². The van der Waals surface area contributed by atoms with Crippen LogP contribution in [0.4, 0.5) is 0 Å². The zero-order valence-corrected chi connectivity index (χ0v) is 13.7. The molecule has 0 spiro atoms. The summed E-state index contributed by atoms with van der Waals surface area (Å²) in [7, 11) is 0. The van der Waals surface area contributed by atoms with E-state index in [0.29, 0.717) is 11.5 Å². The zero-order valence-electron chi connectivity index (χ0n) is 12.2. The minimum atomic E-state index is 0.579. The molecule has 0 unspecified atom stereocenters. The molecule has 0 radical (unpaired) electrons. The molecular weight excluding hydrogens is 274 g/mol. The van der Waals surface area contributed by atoms with Gasteiger partial charge in [0.1, 0.15) is 0 Å². The van der Waals surface area contributed by atoms with Gasteiger partial charge in [-0.15, -0.1) is 11.3 Å². The molecule has 1 saturated carbocycles. The lowest BCUT2D eigenvalue weighted by Crippen LogP contribution is -2.29. The highest BCUT2D eigenvalue weighted by atomic mass is 35.5. The number of hydrogen-bond donors (Lipinski definition) is 1. The lowest BCUT2D eigenvalue weighted by atomic mass is 9.78. The van der Waals surface area contributed by atoms with Gasteiger partial charge in [-0.1, -0.05) is 38.3 Å². The van der Waals surface area contributed by atoms with Crippen LogP contribution in [0.2, 0.25) is 5.02 Å². The first kappa shape index (κ1) is 15.3. The number of hydrogen-bond acceptors (Lipinski definition) is 2. The van der Waals surface area contributed by atoms with Crippen molar-refractivity contribution < 1.29 is 0 Å². The molecule has 108 valence electrons. The summed E-state index contributed by atoms with van der Waals surface area (Å²) in [6.07, 6.45) is 9.46. The van der Waals surface area contributed by atoms with Crippen LogP contribution in [0, 0.1) is 5.41 Å². The third-order valence-corrected chi connectivity index (χ3v) is 5.89. The molecule has 3 heteroatoms. The molecular formula is C16H26ClNS. The molecule has 0 aliphatic heterocycles. The Kier molecular flexibility index (Phi) is 5.73. The van der Waals surface area contributed by atoms with E-state index in [1.54, 1.807) is 0 Å². The Morgan fingerprint density at radius 2 is 2.05 bits per heavy atom. The molecule has 1 fully saturated rings. The SMILES string of the molecule is CC(C)NCCC1(CCc2sccc2Cl)CCCC1. The predicted molar refractivity (Wildman–Crippen MR) is 86.3 cm³/mol. The Morgan fingerprint density at radius 1 is 1.32 bits per heavy atom. The second-order valence-electron chi connectivity index (χ2n) is 6.26. The quantitative estimate of drug-likeness (QED) is 0.722. The van der Waals surface area contributed by atoms with E-state index in [0.717, 1.165) is 18.0 Å². The van der Waals surface area contributed by atoms with Gasteiger partial charge < -0.3 is 5.32 Å². The molecule has 0 amide bonds. The van der Waals surface area contributed by atoms with Crippen molar-refractivity contribution in [2.24, 2.45) is 5.41 Å². The summed E-state index contributed by atoms with van der Waals surface area (Å²) in [5, 5.41) is 6.66. The molecule has 1 N–H and O–H groups in total. The standard InChI is InChI=1S/C16H26ClNS/c1-13(2)18-11-10-16(7-3-4-8-16)9-5-15-14(17)6-12-19-15/h6,12-13,18H,3-5,7-11H2,1-2H3. The summed E-state index contributed by atoms with van der Waals surface area (Å²) in [6, 6.07) is 2.63. The van der Waals surface area contributed by atoms with E-state index in [4.69, 9.17) is 11.6 Å². The van der Waals surface area contributed by atoms with Gasteiger partial charge in [-0.25, -0.2) is 0 Å². The molecule has 1 nitrogen and oxygen atoms in total. The molecule has 1 aliphatic carbocycles. The van der Waals surface area contributed by atoms with Gasteiger partial charge in [0.05, 0.1) is 5.02 Å². The second kappa shape index (κ2) is 7.10. The van der Waals surface area contributed by atoms with Crippen LogP contribution in [0.3, 0.4) is 0 Å². The van der Waals surface area contributed by atoms with Crippen LogP contribution < -0.4 is 5.32 Å². The van der Waals surface area contributed by atoms with E-state index in [-0.39, 0.29) is 0 Å². The maximum Gasteiger partial charge on any atom is 0.0544 e. The van der Waals surface area contributed by atoms with Crippen molar-refractivity contribution >= 4 is 22.9 Å². The average Bonchev–Trinajstić information content (AvgIpc) is 2.96. The first-order chi connectivity index (χ1) is 9.11. The molecule has 2 rings (SSSR count). The second-order valence-corrected chi connectivity index (χ2v) is 7.67. The van der Waals surface area contributed by atoms with Crippen LogP contribution in [0.5, 0.6) is 0 Å². The smallest absolute Gasteiger partial charge is 0.0544 e. The van der Waals surface area contributed by atoms with Gasteiger partial charge in [-0.2, -0.15) is 0 Å². The van der Waals surface area contributed by atoms with Crippen molar-refractivity contribution in [1.82, 2.24) is 5.32 Å². The number of halogens is 1. The van der Waals surface area contributed by atoms with Crippen LogP contribution >= 0.6 is 22.9 Å². The molecule has 0 bridgehead atoms. The van der Waals surface area contributed by atoms with E-state index in [1.807, 2.05) is 17.4 Å². The fourth-order valence-electron chi connectivity index (χ4n) is 3.26. The van der Waals surface area contributed by atoms with Crippen molar-refractivity contribution in [2.75, 3.05) is 6.54 Å². The summed E-state index contributed by atoms with van der Waals surface area (Å²) in [5.41, 5.74) is 0.579. The Morgan fingerprint density at radius 3 is 2.63 bits per heavy atom. The van der Waals surface area contributed by atoms with E-state index in [1.165, 1.54) is 43.4 Å². The predicted octanol–water partition coefficient (Wildman–Crippen LogP) is 5.28. The van der Waals surface area contributed by atoms with E-state index in [2.05, 4.69) is 24.5 Å². The molecule has 0 saturated heterocycles. The topological polar surface area (TPSA) is 12.0 Å². The van der Waals surface area contributed by atoms with E-state index in [9.17, 15) is 0 Å². The minimum Gasteiger partial charge on any atom is -0.315 e. The molecule has 0 aromatic carbocycles. The molecule has 1 aromatic rings. The summed E-state index contributed by atoms with van der Waals surface area (Å²) in [4.78, 5) is 1.38. The third-order valence-electron chi connectivity index (χ3n) is 4.45. The Hall–Kier alpha value is -0.0500. The van der Waals surface area contributed by atoms with E-state index < -0.39 is 0 Å². The fourth-order valence-corrected chi connectivity index (χ4v) is 4.39. The lowest BCUT2D eigenvalue weighted by molar-refractivity contribution is 0.243. The highest BCUT2D eigenvalue weighted by molar-refractivity contribution is 7.10. The maximum absolute atomic E-state index is 6.21. The molecule has 19 heavy (non-hydrogen) atoms. The van der Waals surface area contributed by atoms with Gasteiger partial charge in [0.25, 0.3) is 0 Å². The number of nitrogens with one attached hydrogen (secondary N) is 1. The number of rotatable bonds is 7. The Balaban J connectivity index is 1.86. The zero-order chi connectivity index (χ0) is 13.7. The van der Waals surface area contributed by atoms with Gasteiger partial charge in [0.15, 0.2) is 0 Å². The number of thiophene rings is 1. The first-order valence-electron chi connectivity index (χ1n) is 7.57. The maximum atomic E-state index is 6.21. The van der Waals surface area contributed by atoms with Gasteiger partial charge in [-0.05, 0) is 55.5 Å². The van der Waals surface area contributed by atoms with Crippen LogP contribution in [0.25, 0.3) is 0 Å². The highest BCUT2D eigenvalue weighted by Crippen LogP contribution is 2.45. The first-order valence-corrected chi connectivity index (χ1v) is 8.82. The minimum absolute atomic E-state index is 0.579. The highest BCUT2D eigenvalue weighted by Gasteiger charge is 2.33. The summed E-state index contributed by atoms with van der Waals surface area (Å²) >= 11 is 8.03. The summed E-state index contributed by atoms with van der Waals surface area (Å²) in [5.74, 6) is 0. The van der Waals surface area contributed by atoms with Crippen molar-refractivity contribution in [3.05, 3.63) is 21.3 Å². The normalized spacial score (nSPS) is 18.3. The van der Waals surface area contributed by atoms with Crippen LogP contribution in [0.1, 0.15) is 57.2 Å². The van der Waals surface area contributed by atoms with Gasteiger partial charge in [-0.3, -0.25) is 0 Å². The largest absolute Gasteiger partial charge is 0.315 e. The fraction of sp³-hybridized carbons (Fsp3) is 0.750. The molecule has 1 aliphatic rings. The van der Waals surface area contributed by atoms with Crippen molar-refractivity contribution in [1.29, 1.82) is 0 Å². The average molecular weight is 300 g/mol. The van der Waals surface area contributed by atoms with Crippen molar-refractivity contribution in [3.8, 4) is 0 Å². The van der Waals surface area contributed by atoms with Gasteiger partial charge in [0, 0.05) is 10.9 Å². The van der Waals surface area contributed by atoms with E-state index >= 15 is 0 Å². The molecule has 0 atom stereocenters. The monoisotopic (exact) mass is 299 g/mol. The summed E-state index contributed by atoms with van der Waals surface area (Å²) in [6.45, 7) is 5.62. The molecule has 1 aromatic heterocycles. The van der Waals surface area contributed by atoms with Crippen molar-refractivity contribution in [3.63, 3.8) is 0 Å².